The minimum atomic E-state index is 0.284. The van der Waals surface area contributed by atoms with Crippen LogP contribution in [-0.2, 0) is 6.54 Å². The normalized spacial score (nSPS) is 24.2. The van der Waals surface area contributed by atoms with Crippen LogP contribution < -0.4 is 5.73 Å². The quantitative estimate of drug-likeness (QED) is 0.916. The average Bonchev–Trinajstić information content (AvgIpc) is 2.72. The molecule has 0 aliphatic carbocycles. The molecule has 100 valence electrons. The summed E-state index contributed by atoms with van der Waals surface area (Å²) in [5.74, 6) is 0.562. The summed E-state index contributed by atoms with van der Waals surface area (Å²) in [6, 6.07) is 8.26. The molecule has 0 bridgehead atoms. The first-order valence-electron chi connectivity index (χ1n) is 6.65. The Hall–Kier alpha value is -1.16. The predicted molar refractivity (Wildman–Crippen MR) is 79.2 cm³/mol. The molecule has 4 heteroatoms. The van der Waals surface area contributed by atoms with Gasteiger partial charge in [-0.3, -0.25) is 9.88 Å². The van der Waals surface area contributed by atoms with E-state index in [-0.39, 0.29) is 6.04 Å². The van der Waals surface area contributed by atoms with Crippen molar-refractivity contribution >= 4 is 22.5 Å². The zero-order chi connectivity index (χ0) is 13.4. The summed E-state index contributed by atoms with van der Waals surface area (Å²) in [6.07, 6.45) is 1.82. The SMILES string of the molecule is CC1CN(Cc2ccc(Cl)c3cccnc23)CC1N. The van der Waals surface area contributed by atoms with Crippen LogP contribution in [0.3, 0.4) is 0 Å². The van der Waals surface area contributed by atoms with Gasteiger partial charge in [0.2, 0.25) is 0 Å². The Bertz CT molecular complexity index is 589. The zero-order valence-corrected chi connectivity index (χ0v) is 11.8. The Labute approximate surface area is 118 Å². The van der Waals surface area contributed by atoms with Crippen LogP contribution in [0.25, 0.3) is 10.9 Å². The maximum Gasteiger partial charge on any atom is 0.0761 e. The lowest BCUT2D eigenvalue weighted by Gasteiger charge is -2.16. The molecule has 2 unspecified atom stereocenters. The number of nitrogens with two attached hydrogens (primary N) is 1. The fourth-order valence-electron chi connectivity index (χ4n) is 2.79. The highest BCUT2D eigenvalue weighted by atomic mass is 35.5. The summed E-state index contributed by atoms with van der Waals surface area (Å²) in [5, 5.41) is 1.79. The predicted octanol–water partition coefficient (Wildman–Crippen LogP) is 2.67. The van der Waals surface area contributed by atoms with Crippen LogP contribution in [0, 0.1) is 5.92 Å². The van der Waals surface area contributed by atoms with Gasteiger partial charge in [0.1, 0.15) is 0 Å². The van der Waals surface area contributed by atoms with E-state index >= 15 is 0 Å². The Morgan fingerprint density at radius 1 is 1.37 bits per heavy atom. The van der Waals surface area contributed by atoms with Gasteiger partial charge in [0.15, 0.2) is 0 Å². The third-order valence-corrected chi connectivity index (χ3v) is 4.27. The molecule has 2 atom stereocenters. The highest BCUT2D eigenvalue weighted by Crippen LogP contribution is 2.26. The van der Waals surface area contributed by atoms with Gasteiger partial charge in [0.25, 0.3) is 0 Å². The second-order valence-electron chi connectivity index (χ2n) is 5.44. The summed E-state index contributed by atoms with van der Waals surface area (Å²) in [4.78, 5) is 6.88. The fraction of sp³-hybridized carbons (Fsp3) is 0.400. The smallest absolute Gasteiger partial charge is 0.0761 e. The first-order chi connectivity index (χ1) is 9.15. The number of nitrogens with zero attached hydrogens (tertiary/aromatic N) is 2. The first-order valence-corrected chi connectivity index (χ1v) is 7.03. The van der Waals surface area contributed by atoms with E-state index in [2.05, 4.69) is 22.9 Å². The number of fused-ring (bicyclic) bond motifs is 1. The minimum Gasteiger partial charge on any atom is -0.326 e. The minimum absolute atomic E-state index is 0.284. The average molecular weight is 276 g/mol. The second-order valence-corrected chi connectivity index (χ2v) is 5.85. The topological polar surface area (TPSA) is 42.2 Å². The van der Waals surface area contributed by atoms with Gasteiger partial charge in [-0.1, -0.05) is 24.6 Å². The maximum absolute atomic E-state index is 6.22. The molecular formula is C15H18ClN3. The van der Waals surface area contributed by atoms with E-state index in [1.54, 1.807) is 0 Å². The number of hydrogen-bond acceptors (Lipinski definition) is 3. The van der Waals surface area contributed by atoms with Gasteiger partial charge in [0.05, 0.1) is 5.52 Å². The molecule has 3 nitrogen and oxygen atoms in total. The molecule has 1 saturated heterocycles. The van der Waals surface area contributed by atoms with Crippen LogP contribution in [0.1, 0.15) is 12.5 Å². The summed E-state index contributed by atoms with van der Waals surface area (Å²) in [6.45, 7) is 5.11. The van der Waals surface area contributed by atoms with E-state index in [4.69, 9.17) is 17.3 Å². The largest absolute Gasteiger partial charge is 0.326 e. The molecule has 0 spiro atoms. The van der Waals surface area contributed by atoms with E-state index in [0.717, 1.165) is 35.6 Å². The monoisotopic (exact) mass is 275 g/mol. The van der Waals surface area contributed by atoms with Crippen LogP contribution in [0.4, 0.5) is 0 Å². The maximum atomic E-state index is 6.22. The molecule has 1 aliphatic rings. The Balaban J connectivity index is 1.92. The summed E-state index contributed by atoms with van der Waals surface area (Å²) in [7, 11) is 0. The Morgan fingerprint density at radius 2 is 2.21 bits per heavy atom. The number of hydrogen-bond donors (Lipinski definition) is 1. The third-order valence-electron chi connectivity index (χ3n) is 3.94. The molecular weight excluding hydrogens is 258 g/mol. The van der Waals surface area contributed by atoms with E-state index in [0.29, 0.717) is 5.92 Å². The van der Waals surface area contributed by atoms with Crippen molar-refractivity contribution in [3.8, 4) is 0 Å². The van der Waals surface area contributed by atoms with Crippen LogP contribution in [0.5, 0.6) is 0 Å². The van der Waals surface area contributed by atoms with Crippen molar-refractivity contribution in [3.05, 3.63) is 41.0 Å². The molecule has 19 heavy (non-hydrogen) atoms. The third kappa shape index (κ3) is 2.46. The first kappa shape index (κ1) is 12.9. The Morgan fingerprint density at radius 3 is 2.95 bits per heavy atom. The van der Waals surface area contributed by atoms with E-state index in [1.807, 2.05) is 24.4 Å². The van der Waals surface area contributed by atoms with Crippen molar-refractivity contribution in [2.24, 2.45) is 11.7 Å². The van der Waals surface area contributed by atoms with E-state index in [9.17, 15) is 0 Å². The van der Waals surface area contributed by atoms with Gasteiger partial charge in [0, 0.05) is 42.3 Å². The summed E-state index contributed by atoms with van der Waals surface area (Å²) >= 11 is 6.22. The van der Waals surface area contributed by atoms with Gasteiger partial charge < -0.3 is 5.73 Å². The highest BCUT2D eigenvalue weighted by Gasteiger charge is 2.26. The van der Waals surface area contributed by atoms with E-state index in [1.165, 1.54) is 5.56 Å². The standard InChI is InChI=1S/C15H18ClN3/c1-10-7-19(9-14(10)17)8-11-4-5-13(16)12-3-2-6-18-15(11)12/h2-6,10,14H,7-9,17H2,1H3. The summed E-state index contributed by atoms with van der Waals surface area (Å²) in [5.41, 5.74) is 8.31. The molecule has 3 rings (SSSR count). The highest BCUT2D eigenvalue weighted by molar-refractivity contribution is 6.35. The van der Waals surface area contributed by atoms with Gasteiger partial charge in [-0.25, -0.2) is 0 Å². The summed E-state index contributed by atoms with van der Waals surface area (Å²) < 4.78 is 0. The number of halogens is 1. The molecule has 1 aromatic heterocycles. The molecule has 0 saturated carbocycles. The van der Waals surface area contributed by atoms with Gasteiger partial charge >= 0.3 is 0 Å². The van der Waals surface area contributed by atoms with Crippen molar-refractivity contribution in [3.63, 3.8) is 0 Å². The second kappa shape index (κ2) is 5.08. The van der Waals surface area contributed by atoms with Crippen molar-refractivity contribution in [1.29, 1.82) is 0 Å². The number of pyridine rings is 1. The molecule has 1 aromatic carbocycles. The van der Waals surface area contributed by atoms with E-state index < -0.39 is 0 Å². The molecule has 2 aromatic rings. The van der Waals surface area contributed by atoms with Crippen LogP contribution >= 0.6 is 11.6 Å². The molecule has 0 amide bonds. The molecule has 1 aliphatic heterocycles. The van der Waals surface area contributed by atoms with Gasteiger partial charge in [-0.05, 0) is 29.7 Å². The molecule has 2 N–H and O–H groups in total. The zero-order valence-electron chi connectivity index (χ0n) is 11.0. The van der Waals surface area contributed by atoms with Crippen molar-refractivity contribution in [1.82, 2.24) is 9.88 Å². The lowest BCUT2D eigenvalue weighted by Crippen LogP contribution is -2.28. The van der Waals surface area contributed by atoms with Crippen molar-refractivity contribution < 1.29 is 0 Å². The van der Waals surface area contributed by atoms with Crippen LogP contribution in [0.15, 0.2) is 30.5 Å². The Kier molecular flexibility index (Phi) is 3.44. The lowest BCUT2D eigenvalue weighted by atomic mass is 10.1. The van der Waals surface area contributed by atoms with Crippen LogP contribution in [0.2, 0.25) is 5.02 Å². The number of likely N-dealkylation sites (tertiary alicyclic amines) is 1. The van der Waals surface area contributed by atoms with Crippen LogP contribution in [-0.4, -0.2) is 29.0 Å². The van der Waals surface area contributed by atoms with Gasteiger partial charge in [-0.2, -0.15) is 0 Å². The fourth-order valence-corrected chi connectivity index (χ4v) is 3.00. The number of aromatic nitrogens is 1. The molecule has 0 radical (unpaired) electrons. The van der Waals surface area contributed by atoms with Crippen molar-refractivity contribution in [2.45, 2.75) is 19.5 Å². The molecule has 1 fully saturated rings. The molecule has 2 heterocycles. The van der Waals surface area contributed by atoms with Gasteiger partial charge in [-0.15, -0.1) is 0 Å². The number of benzene rings is 1. The van der Waals surface area contributed by atoms with Crippen molar-refractivity contribution in [2.75, 3.05) is 13.1 Å². The lowest BCUT2D eigenvalue weighted by molar-refractivity contribution is 0.320. The number of rotatable bonds is 2.